The van der Waals surface area contributed by atoms with Gasteiger partial charge in [-0.1, -0.05) is 39.5 Å². The zero-order valence-electron chi connectivity index (χ0n) is 8.14. The van der Waals surface area contributed by atoms with Gasteiger partial charge in [0.25, 0.3) is 0 Å². The minimum atomic E-state index is 0. The van der Waals surface area contributed by atoms with Crippen LogP contribution in [-0.2, 0) is 26.2 Å². The number of hydrogen-bond donors (Lipinski definition) is 0. The molecule has 0 aromatic heterocycles. The molecule has 0 N–H and O–H groups in total. The third kappa shape index (κ3) is 4.12. The number of hydrogen-bond acceptors (Lipinski definition) is 0. The fourth-order valence-corrected chi connectivity index (χ4v) is 1.79. The zero-order chi connectivity index (χ0) is 7.02. The van der Waals surface area contributed by atoms with Crippen LogP contribution in [0.25, 0.3) is 0 Å². The topological polar surface area (TPSA) is 0 Å². The number of rotatable bonds is 0. The summed E-state index contributed by atoms with van der Waals surface area (Å²) in [5, 5.41) is 0. The molecule has 0 nitrogen and oxygen atoms in total. The van der Waals surface area contributed by atoms with Gasteiger partial charge in [-0.3, -0.25) is 0 Å². The Labute approximate surface area is 108 Å². The average Bonchev–Trinajstić information content (AvgIpc) is 1.98. The van der Waals surface area contributed by atoms with Crippen molar-refractivity contribution in [2.75, 3.05) is 0 Å². The molecule has 1 radical (unpaired) electrons. The first kappa shape index (κ1) is 19.1. The molecule has 0 aliphatic heterocycles. The van der Waals surface area contributed by atoms with E-state index in [9.17, 15) is 0 Å². The normalized spacial score (nSPS) is 39.0. The van der Waals surface area contributed by atoms with Gasteiger partial charge in [0.05, 0.1) is 0 Å². The molecule has 0 amide bonds. The Morgan fingerprint density at radius 2 is 1.00 bits per heavy atom. The largest absolute Gasteiger partial charge is 3.00 e. The molecule has 1 rings (SSSR count). The minimum absolute atomic E-state index is 0. The quantitative estimate of drug-likeness (QED) is 0.411. The van der Waals surface area contributed by atoms with E-state index in [0.717, 1.165) is 23.7 Å². The molecule has 71 valence electrons. The van der Waals surface area contributed by atoms with Crippen molar-refractivity contribution in [3.05, 3.63) is 6.42 Å². The maximum absolute atomic E-state index is 2.48. The van der Waals surface area contributed by atoms with Crippen LogP contribution in [0, 0.1) is 30.1 Å². The molecule has 1 aliphatic carbocycles. The van der Waals surface area contributed by atoms with Gasteiger partial charge in [0, 0.05) is 0 Å². The summed E-state index contributed by atoms with van der Waals surface area (Å²) in [6.45, 7) is 9.36. The second-order valence-corrected chi connectivity index (χ2v) is 3.63. The van der Waals surface area contributed by atoms with E-state index in [1.54, 1.807) is 0 Å². The Bertz CT molecular complexity index is 96.7. The van der Waals surface area contributed by atoms with Gasteiger partial charge in [0.1, 0.15) is 0 Å². The molecular formula is C9H17Cl2Zr. The summed E-state index contributed by atoms with van der Waals surface area (Å²) in [5.74, 6) is 3.49. The molecule has 3 heteroatoms. The van der Waals surface area contributed by atoms with Crippen molar-refractivity contribution >= 4 is 0 Å². The van der Waals surface area contributed by atoms with Gasteiger partial charge in [0.15, 0.2) is 0 Å². The van der Waals surface area contributed by atoms with Crippen molar-refractivity contribution in [2.24, 2.45) is 23.7 Å². The fraction of sp³-hybridized carbons (Fsp3) is 0.889. The molecule has 0 heterocycles. The van der Waals surface area contributed by atoms with Crippen molar-refractivity contribution in [3.8, 4) is 0 Å². The molecule has 1 fully saturated rings. The van der Waals surface area contributed by atoms with E-state index in [1.807, 2.05) is 0 Å². The van der Waals surface area contributed by atoms with Gasteiger partial charge >= 0.3 is 26.2 Å². The predicted octanol–water partition coefficient (Wildman–Crippen LogP) is -3.25. The van der Waals surface area contributed by atoms with E-state index in [1.165, 1.54) is 0 Å². The van der Waals surface area contributed by atoms with Crippen molar-refractivity contribution < 1.29 is 51.0 Å². The summed E-state index contributed by atoms with van der Waals surface area (Å²) < 4.78 is 0. The monoisotopic (exact) mass is 285 g/mol. The Morgan fingerprint density at radius 1 is 0.750 bits per heavy atom. The van der Waals surface area contributed by atoms with Crippen LogP contribution in [0.3, 0.4) is 0 Å². The van der Waals surface area contributed by atoms with E-state index < -0.39 is 0 Å². The summed E-state index contributed by atoms with van der Waals surface area (Å²) >= 11 is 0. The van der Waals surface area contributed by atoms with E-state index in [4.69, 9.17) is 0 Å². The van der Waals surface area contributed by atoms with Crippen LogP contribution in [-0.4, -0.2) is 0 Å². The molecule has 1 aliphatic rings. The molecule has 4 unspecified atom stereocenters. The predicted molar refractivity (Wildman–Crippen MR) is 41.0 cm³/mol. The summed E-state index contributed by atoms with van der Waals surface area (Å²) in [6.07, 6.45) is 2.48. The average molecular weight is 287 g/mol. The molecule has 1 saturated carbocycles. The number of halogens is 2. The van der Waals surface area contributed by atoms with Gasteiger partial charge in [-0.15, -0.1) is 0 Å². The second-order valence-electron chi connectivity index (χ2n) is 3.63. The first-order valence-corrected chi connectivity index (χ1v) is 3.98. The first-order chi connectivity index (χ1) is 4.13. The zero-order valence-corrected chi connectivity index (χ0v) is 12.1. The van der Waals surface area contributed by atoms with E-state index in [-0.39, 0.29) is 51.0 Å². The summed E-state index contributed by atoms with van der Waals surface area (Å²) in [4.78, 5) is 0. The Kier molecular flexibility index (Phi) is 12.5. The molecule has 4 atom stereocenters. The first-order valence-electron chi connectivity index (χ1n) is 3.98. The molecule has 0 saturated heterocycles. The fourth-order valence-electron chi connectivity index (χ4n) is 1.79. The molecule has 0 aromatic carbocycles. The van der Waals surface area contributed by atoms with Crippen LogP contribution in [0.2, 0.25) is 0 Å². The summed E-state index contributed by atoms with van der Waals surface area (Å²) in [5.41, 5.74) is 0. The van der Waals surface area contributed by atoms with Gasteiger partial charge in [-0.2, -0.15) is 11.8 Å². The third-order valence-electron chi connectivity index (χ3n) is 3.10. The van der Waals surface area contributed by atoms with Crippen LogP contribution < -0.4 is 24.8 Å². The Morgan fingerprint density at radius 3 is 1.08 bits per heavy atom. The van der Waals surface area contributed by atoms with Gasteiger partial charge < -0.3 is 31.2 Å². The smallest absolute Gasteiger partial charge is 1.00 e. The van der Waals surface area contributed by atoms with Crippen LogP contribution in [0.4, 0.5) is 0 Å². The maximum atomic E-state index is 2.48. The van der Waals surface area contributed by atoms with Gasteiger partial charge in [-0.05, 0) is 0 Å². The summed E-state index contributed by atoms with van der Waals surface area (Å²) in [7, 11) is 0. The molecule has 0 spiro atoms. The van der Waals surface area contributed by atoms with E-state index in [0.29, 0.717) is 0 Å². The Balaban J connectivity index is -0.000000270. The van der Waals surface area contributed by atoms with E-state index >= 15 is 0 Å². The molecule has 0 bridgehead atoms. The van der Waals surface area contributed by atoms with Crippen molar-refractivity contribution in [2.45, 2.75) is 27.7 Å². The Hall–Kier alpha value is 1.46. The van der Waals surface area contributed by atoms with E-state index in [2.05, 4.69) is 34.1 Å². The van der Waals surface area contributed by atoms with Crippen molar-refractivity contribution in [1.82, 2.24) is 0 Å². The minimum Gasteiger partial charge on any atom is -1.00 e. The van der Waals surface area contributed by atoms with Crippen LogP contribution >= 0.6 is 0 Å². The molecule has 12 heavy (non-hydrogen) atoms. The van der Waals surface area contributed by atoms with Crippen LogP contribution in [0.15, 0.2) is 0 Å². The van der Waals surface area contributed by atoms with Crippen molar-refractivity contribution in [3.63, 3.8) is 0 Å². The van der Waals surface area contributed by atoms with Gasteiger partial charge in [-0.25, -0.2) is 0 Å². The maximum Gasteiger partial charge on any atom is 3.00 e. The standard InChI is InChI=1S/C9H17.2ClH.Zr/c1-6-5-7(2)9(4)8(6)3;;;/h5-9H,1-4H3;2*1H;/q-1;;;+3/p-2. The third-order valence-corrected chi connectivity index (χ3v) is 3.10. The second kappa shape index (κ2) is 7.83. The van der Waals surface area contributed by atoms with Crippen LogP contribution in [0.5, 0.6) is 0 Å². The van der Waals surface area contributed by atoms with Crippen molar-refractivity contribution in [1.29, 1.82) is 0 Å². The van der Waals surface area contributed by atoms with Crippen LogP contribution in [0.1, 0.15) is 27.7 Å². The summed E-state index contributed by atoms with van der Waals surface area (Å²) in [6, 6.07) is 0. The SMILES string of the molecule is CC1[CH-]C(C)C(C)C1C.[Cl-].[Cl-].[Zr+3]. The van der Waals surface area contributed by atoms with Gasteiger partial charge in [0.2, 0.25) is 0 Å². The molecular weight excluding hydrogens is 270 g/mol. The molecule has 0 aromatic rings.